The molecular weight excluding hydrogens is 1370 g/mol. The van der Waals surface area contributed by atoms with Gasteiger partial charge < -0.3 is 34.1 Å². The Morgan fingerprint density at radius 3 is 1.93 bits per heavy atom. The molecular formula is C70H76Cl2F3N9O15S. The number of sulfone groups is 1. The Morgan fingerprint density at radius 1 is 0.810 bits per heavy atom. The Balaban J connectivity index is 0.000000170. The predicted molar refractivity (Wildman–Crippen MR) is 366 cm³/mol. The summed E-state index contributed by atoms with van der Waals surface area (Å²) in [7, 11) is -2.00. The molecule has 100 heavy (non-hydrogen) atoms. The van der Waals surface area contributed by atoms with Crippen molar-refractivity contribution >= 4 is 68.2 Å². The van der Waals surface area contributed by atoms with Gasteiger partial charge in [0.25, 0.3) is 5.56 Å². The Morgan fingerprint density at radius 2 is 1.42 bits per heavy atom. The molecule has 24 nitrogen and oxygen atoms in total. The van der Waals surface area contributed by atoms with Crippen molar-refractivity contribution in [2.75, 3.05) is 32.7 Å². The summed E-state index contributed by atoms with van der Waals surface area (Å²) >= 11 is 11.5. The van der Waals surface area contributed by atoms with Gasteiger partial charge in [-0.25, -0.2) is 41.0 Å². The molecule has 0 spiro atoms. The van der Waals surface area contributed by atoms with Crippen LogP contribution in [0.4, 0.5) is 13.2 Å². The number of hydrogen-bond acceptors (Lipinski definition) is 18. The van der Waals surface area contributed by atoms with E-state index in [9.17, 15) is 55.5 Å². The number of ketones is 1. The fourth-order valence-corrected chi connectivity index (χ4v) is 12.7. The van der Waals surface area contributed by atoms with Gasteiger partial charge >= 0.3 is 30.1 Å². The second-order valence-electron chi connectivity index (χ2n) is 24.4. The number of alkyl halides is 3. The first kappa shape index (κ1) is 76.1. The van der Waals surface area contributed by atoms with Gasteiger partial charge in [-0.15, -0.1) is 16.7 Å². The average Bonchev–Trinajstić information content (AvgIpc) is 1.63. The van der Waals surface area contributed by atoms with Crippen LogP contribution in [0.25, 0.3) is 16.8 Å². The number of ether oxygens (including phenoxy) is 3. The van der Waals surface area contributed by atoms with E-state index in [1.807, 2.05) is 81.4 Å². The number of rotatable bonds is 17. The third kappa shape index (κ3) is 16.6. The van der Waals surface area contributed by atoms with E-state index in [0.717, 1.165) is 66.0 Å². The van der Waals surface area contributed by atoms with Crippen molar-refractivity contribution in [1.29, 1.82) is 0 Å². The van der Waals surface area contributed by atoms with Gasteiger partial charge in [-0.1, -0.05) is 114 Å². The van der Waals surface area contributed by atoms with Gasteiger partial charge in [-0.2, -0.15) is 18.6 Å². The molecule has 3 aliphatic heterocycles. The third-order valence-corrected chi connectivity index (χ3v) is 18.2. The SMILES string of the molecule is CCOC(=O)C1=NOC(c2ccccc2)(c2ccccc2)C1.CCc1cc(C)cc(CC)c1-c1c(OC(=O)C(C)(C)C)n2n(c1=O)CCOCC2.Cc1c(C(=O)c2cnn(C)c2O)ccc(S(C)(=O)=O)c1C1=NOCC1.Cc1nn(-c2cc(CC(Cl)C(=O)O)c(Cl)cc2F)c(=O)n1C(F)F. The van der Waals surface area contributed by atoms with Crippen molar-refractivity contribution in [3.63, 3.8) is 0 Å². The van der Waals surface area contributed by atoms with Gasteiger partial charge in [0, 0.05) is 53.4 Å². The summed E-state index contributed by atoms with van der Waals surface area (Å²) in [6.45, 7) is 15.7. The molecule has 0 amide bonds. The molecule has 1 atom stereocenters. The number of halogens is 5. The maximum Gasteiger partial charge on any atom is 0.356 e. The number of esters is 2. The van der Waals surface area contributed by atoms with Crippen LogP contribution in [0.5, 0.6) is 11.8 Å². The molecule has 3 aliphatic rings. The van der Waals surface area contributed by atoms with E-state index >= 15 is 0 Å². The van der Waals surface area contributed by atoms with Gasteiger partial charge in [0.2, 0.25) is 11.8 Å². The molecule has 0 bridgehead atoms. The van der Waals surface area contributed by atoms with E-state index in [2.05, 4.69) is 53.4 Å². The summed E-state index contributed by atoms with van der Waals surface area (Å²) in [5, 5.41) is 32.7. The molecule has 0 aliphatic carbocycles. The molecule has 2 N–H and O–H groups in total. The number of carboxylic acids is 1. The Labute approximate surface area is 584 Å². The summed E-state index contributed by atoms with van der Waals surface area (Å²) in [6.07, 6.45) is 4.54. The van der Waals surface area contributed by atoms with E-state index in [0.29, 0.717) is 91.0 Å². The molecule has 0 saturated heterocycles. The first-order chi connectivity index (χ1) is 47.3. The van der Waals surface area contributed by atoms with Crippen molar-refractivity contribution in [3.8, 4) is 28.6 Å². The van der Waals surface area contributed by atoms with Crippen molar-refractivity contribution in [2.24, 2.45) is 22.8 Å². The number of hydrogen-bond donors (Lipinski definition) is 2. The summed E-state index contributed by atoms with van der Waals surface area (Å²) in [5.74, 6) is -3.73. The average molecular weight is 1440 g/mol. The number of carboxylic acid groups (broad SMARTS) is 1. The van der Waals surface area contributed by atoms with Gasteiger partial charge in [-0.05, 0) is 113 Å². The lowest BCUT2D eigenvalue weighted by Crippen LogP contribution is -2.29. The van der Waals surface area contributed by atoms with Gasteiger partial charge in [0.15, 0.2) is 32.8 Å². The van der Waals surface area contributed by atoms with E-state index in [1.54, 1.807) is 23.2 Å². The molecule has 0 radical (unpaired) electrons. The number of fused-ring (bicyclic) bond motifs is 1. The van der Waals surface area contributed by atoms with E-state index < -0.39 is 67.7 Å². The van der Waals surface area contributed by atoms with Crippen molar-refractivity contribution in [2.45, 2.75) is 130 Å². The number of carbonyl (C=O) groups excluding carboxylic acids is 3. The van der Waals surface area contributed by atoms with Crippen LogP contribution in [-0.2, 0) is 88.4 Å². The molecule has 8 aromatic rings. The van der Waals surface area contributed by atoms with Crippen molar-refractivity contribution in [3.05, 3.63) is 196 Å². The van der Waals surface area contributed by atoms with Gasteiger partial charge in [-0.3, -0.25) is 19.2 Å². The highest BCUT2D eigenvalue weighted by Crippen LogP contribution is 2.42. The fourth-order valence-electron chi connectivity index (χ4n) is 11.3. The van der Waals surface area contributed by atoms with Crippen LogP contribution in [0.3, 0.4) is 0 Å². The lowest BCUT2D eigenvalue weighted by atomic mass is 9.82. The smallest absolute Gasteiger partial charge is 0.356 e. The topological polar surface area (TPSA) is 298 Å². The van der Waals surface area contributed by atoms with Crippen molar-refractivity contribution in [1.82, 2.24) is 33.5 Å². The van der Waals surface area contributed by atoms with Crippen LogP contribution in [0.1, 0.15) is 127 Å². The van der Waals surface area contributed by atoms with Crippen LogP contribution < -0.4 is 16.0 Å². The molecule has 11 rings (SSSR count). The Hall–Kier alpha value is -9.64. The Kier molecular flexibility index (Phi) is 24.5. The van der Waals surface area contributed by atoms with Crippen LogP contribution in [0, 0.1) is 32.0 Å². The van der Waals surface area contributed by atoms with Crippen LogP contribution >= 0.6 is 23.2 Å². The molecule has 6 heterocycles. The van der Waals surface area contributed by atoms with Crippen LogP contribution in [0.2, 0.25) is 5.02 Å². The quantitative estimate of drug-likeness (QED) is 0.0486. The lowest BCUT2D eigenvalue weighted by Gasteiger charge is -2.27. The largest absolute Gasteiger partial charge is 0.493 e. The molecule has 3 aromatic heterocycles. The third-order valence-electron chi connectivity index (χ3n) is 16.4. The number of aliphatic carboxylic acids is 1. The summed E-state index contributed by atoms with van der Waals surface area (Å²) in [4.78, 5) is 84.7. The van der Waals surface area contributed by atoms with E-state index in [4.69, 9.17) is 52.2 Å². The van der Waals surface area contributed by atoms with Gasteiger partial charge in [0.05, 0.1) is 61.5 Å². The number of aromatic hydroxyl groups is 1. The normalized spacial score (nSPS) is 14.2. The zero-order valence-corrected chi connectivity index (χ0v) is 59.1. The highest BCUT2D eigenvalue weighted by molar-refractivity contribution is 7.90. The lowest BCUT2D eigenvalue weighted by molar-refractivity contribution is -0.143. The zero-order valence-electron chi connectivity index (χ0n) is 56.8. The van der Waals surface area contributed by atoms with Gasteiger partial charge in [0.1, 0.15) is 34.6 Å². The minimum absolute atomic E-state index is 0.0493. The van der Waals surface area contributed by atoms with E-state index in [1.165, 1.54) is 35.6 Å². The molecule has 0 fully saturated rings. The molecule has 532 valence electrons. The number of benzene rings is 5. The standard InChI is InChI=1S/C23H32N2O4.C18H17NO3.C16H17N3O5S.C13H10Cl2F3N3O3/c1-7-16-13-15(3)14-17(8-2)18(16)19-20(26)24-9-11-28-12-10-25(24)21(19)29-22(27)23(4,5)6;1-2-21-17(20)16-13-18(22-19-16,14-9-5-3-6-10-14)15-11-7-4-8-12-15;1-9-10(15(20)11-8-17-19(2)16(11)21)4-5-13(25(3,22)23)14(9)12-6-7-24-18-12;1-5-19-21(13(24)20(5)12(17)18)10-3-6(2-8(15)11(22)23)7(14)4-9(10)16/h13-14H,7-12H2,1-6H3;3-12H,2,13H2,1H3;4-5,8,21H,6-7H2,1-3H3;3-4,8,12H,2H2,1H3,(H,22,23). The summed E-state index contributed by atoms with van der Waals surface area (Å²) in [6, 6.07) is 28.6. The Bertz CT molecular complexity index is 4630. The molecule has 0 saturated carbocycles. The predicted octanol–water partition coefficient (Wildman–Crippen LogP) is 11.0. The van der Waals surface area contributed by atoms with Crippen molar-refractivity contribution < 1.29 is 74.9 Å². The fraction of sp³-hybridized carbons (Fsp3) is 0.371. The minimum Gasteiger partial charge on any atom is -0.493 e. The minimum atomic E-state index is -3.52. The monoisotopic (exact) mass is 1440 g/mol. The first-order valence-electron chi connectivity index (χ1n) is 31.7. The number of carbonyl (C=O) groups is 4. The second kappa shape index (κ2) is 32.1. The summed E-state index contributed by atoms with van der Waals surface area (Å²) < 4.78 is 85.7. The van der Waals surface area contributed by atoms with Crippen LogP contribution in [-0.4, -0.2) is 125 Å². The molecule has 5 aromatic carbocycles. The number of aryl methyl sites for hydroxylation is 5. The number of nitrogens with zero attached hydrogens (tertiary/aromatic N) is 9. The highest BCUT2D eigenvalue weighted by Gasteiger charge is 2.45. The summed E-state index contributed by atoms with van der Waals surface area (Å²) in [5.41, 5.74) is 5.58. The van der Waals surface area contributed by atoms with Crippen LogP contribution in [0.15, 0.2) is 128 Å². The first-order valence-corrected chi connectivity index (χ1v) is 34.4. The zero-order chi connectivity index (χ0) is 73.3. The number of oxime groups is 2. The second-order valence-corrected chi connectivity index (χ2v) is 27.3. The number of aromatic nitrogens is 7. The molecule has 1 unspecified atom stereocenters. The molecule has 30 heteroatoms. The maximum atomic E-state index is 14.1. The van der Waals surface area contributed by atoms with E-state index in [-0.39, 0.29) is 60.8 Å². The highest BCUT2D eigenvalue weighted by atomic mass is 35.5. The maximum absolute atomic E-state index is 14.1.